The Balaban J connectivity index is 1.22. The minimum Gasteiger partial charge on any atom is -0.351 e. The van der Waals surface area contributed by atoms with Gasteiger partial charge in [0, 0.05) is 36.2 Å². The molecule has 2 saturated carbocycles. The molecule has 2 atom stereocenters. The summed E-state index contributed by atoms with van der Waals surface area (Å²) in [6, 6.07) is 2.14. The fraction of sp³-hybridized carbons (Fsp3) is 0.480. The molecule has 0 unspecified atom stereocenters. The Hall–Kier alpha value is -3.64. The number of hydrogen-bond donors (Lipinski definition) is 1. The highest BCUT2D eigenvalue weighted by Crippen LogP contribution is 2.41. The maximum absolute atomic E-state index is 13.7. The molecule has 6 rings (SSSR count). The lowest BCUT2D eigenvalue weighted by atomic mass is 9.91. The van der Waals surface area contributed by atoms with Crippen molar-refractivity contribution >= 4 is 17.1 Å². The molecule has 0 aliphatic heterocycles. The van der Waals surface area contributed by atoms with E-state index in [4.69, 9.17) is 0 Å². The van der Waals surface area contributed by atoms with Crippen molar-refractivity contribution in [2.45, 2.75) is 75.7 Å². The zero-order chi connectivity index (χ0) is 26.4. The van der Waals surface area contributed by atoms with Gasteiger partial charge in [0.1, 0.15) is 17.6 Å². The molecular weight excluding hydrogens is 507 g/mol. The van der Waals surface area contributed by atoms with Crippen molar-refractivity contribution in [2.75, 3.05) is 5.32 Å². The highest BCUT2D eigenvalue weighted by molar-refractivity contribution is 5.71. The molecule has 13 heteroatoms. The Morgan fingerprint density at radius 2 is 1.87 bits per heavy atom. The van der Waals surface area contributed by atoms with Crippen LogP contribution in [0, 0.1) is 0 Å². The fourth-order valence-electron chi connectivity index (χ4n) is 5.18. The van der Waals surface area contributed by atoms with Crippen LogP contribution >= 0.6 is 0 Å². The fourth-order valence-corrected chi connectivity index (χ4v) is 5.18. The van der Waals surface area contributed by atoms with Gasteiger partial charge in [0.25, 0.3) is 6.43 Å². The molecule has 38 heavy (non-hydrogen) atoms. The average Bonchev–Trinajstić information content (AvgIpc) is 3.48. The van der Waals surface area contributed by atoms with E-state index in [-0.39, 0.29) is 23.6 Å². The minimum absolute atomic E-state index is 0.00790. The number of hydrogen-bond acceptors (Lipinski definition) is 6. The van der Waals surface area contributed by atoms with E-state index >= 15 is 0 Å². The van der Waals surface area contributed by atoms with E-state index in [0.29, 0.717) is 12.3 Å². The van der Waals surface area contributed by atoms with Crippen LogP contribution in [0.15, 0.2) is 37.2 Å². The van der Waals surface area contributed by atoms with E-state index in [9.17, 15) is 22.0 Å². The molecule has 0 bridgehead atoms. The molecule has 0 aromatic carbocycles. The smallest absolute Gasteiger partial charge is 0.351 e. The summed E-state index contributed by atoms with van der Waals surface area (Å²) in [6.45, 7) is -0.722. The number of nitrogens with zero attached hydrogens (tertiary/aromatic N) is 7. The molecule has 8 nitrogen and oxygen atoms in total. The molecule has 2 fully saturated rings. The number of alkyl halides is 5. The Morgan fingerprint density at radius 1 is 1.03 bits per heavy atom. The van der Waals surface area contributed by atoms with Crippen molar-refractivity contribution < 1.29 is 22.0 Å². The Morgan fingerprint density at radius 3 is 2.63 bits per heavy atom. The number of aromatic nitrogens is 7. The number of fused-ring (bicyclic) bond motifs is 1. The third kappa shape index (κ3) is 5.05. The summed E-state index contributed by atoms with van der Waals surface area (Å²) in [5, 5.41) is 6.95. The van der Waals surface area contributed by atoms with Gasteiger partial charge in [0.05, 0.1) is 18.2 Å². The first kappa shape index (κ1) is 24.7. The summed E-state index contributed by atoms with van der Waals surface area (Å²) in [4.78, 5) is 17.3. The van der Waals surface area contributed by atoms with Crippen LogP contribution in [0.25, 0.3) is 22.4 Å². The summed E-state index contributed by atoms with van der Waals surface area (Å²) in [6.07, 6.45) is 5.00. The van der Waals surface area contributed by atoms with Crippen LogP contribution in [0.4, 0.5) is 27.9 Å². The second kappa shape index (κ2) is 9.59. The summed E-state index contributed by atoms with van der Waals surface area (Å²) < 4.78 is 69.5. The van der Waals surface area contributed by atoms with Crippen LogP contribution in [-0.4, -0.2) is 46.8 Å². The standard InChI is InChI=1S/C25H25F5N8/c26-21(27)12-37-11-16(9-34-37)22-19(25(28,29)30)10-32-24(36-22)35-17-2-1-3-18(7-17)38-13-33-20-6-15(14-4-5-14)8-31-23(20)38/h6,8-11,13-14,17-18,21H,1-5,7,12H2,(H,32,35,36)/t17-,18+/m1/s1. The molecule has 200 valence electrons. The first-order chi connectivity index (χ1) is 18.2. The molecular formula is C25H25F5N8. The van der Waals surface area contributed by atoms with E-state index in [1.54, 1.807) is 0 Å². The van der Waals surface area contributed by atoms with Gasteiger partial charge in [-0.15, -0.1) is 0 Å². The Labute approximate surface area is 214 Å². The number of nitrogens with one attached hydrogen (secondary N) is 1. The van der Waals surface area contributed by atoms with E-state index in [2.05, 4.69) is 41.0 Å². The van der Waals surface area contributed by atoms with Crippen LogP contribution in [0.3, 0.4) is 0 Å². The highest BCUT2D eigenvalue weighted by atomic mass is 19.4. The first-order valence-corrected chi connectivity index (χ1v) is 12.6. The van der Waals surface area contributed by atoms with Gasteiger partial charge in [-0.25, -0.2) is 28.7 Å². The third-order valence-electron chi connectivity index (χ3n) is 7.18. The molecule has 0 spiro atoms. The predicted molar refractivity (Wildman–Crippen MR) is 129 cm³/mol. The SMILES string of the molecule is FC(F)Cn1cc(-c2nc(N[C@@H]3CCC[C@H](n4cnc5cc(C6CC6)cnc54)C3)ncc2C(F)(F)F)cn1. The van der Waals surface area contributed by atoms with E-state index in [0.717, 1.165) is 53.7 Å². The van der Waals surface area contributed by atoms with Crippen LogP contribution in [-0.2, 0) is 12.7 Å². The largest absolute Gasteiger partial charge is 0.419 e. The van der Waals surface area contributed by atoms with E-state index in [1.165, 1.54) is 18.4 Å². The highest BCUT2D eigenvalue weighted by Gasteiger charge is 2.36. The van der Waals surface area contributed by atoms with Crippen LogP contribution in [0.5, 0.6) is 0 Å². The van der Waals surface area contributed by atoms with Gasteiger partial charge in [-0.05, 0) is 56.1 Å². The number of pyridine rings is 1. The summed E-state index contributed by atoms with van der Waals surface area (Å²) in [5.41, 5.74) is 1.45. The van der Waals surface area contributed by atoms with Crippen molar-refractivity contribution in [2.24, 2.45) is 0 Å². The number of rotatable bonds is 7. The summed E-state index contributed by atoms with van der Waals surface area (Å²) >= 11 is 0. The van der Waals surface area contributed by atoms with Crippen molar-refractivity contribution in [1.82, 2.24) is 34.3 Å². The summed E-state index contributed by atoms with van der Waals surface area (Å²) in [5.74, 6) is 0.635. The molecule has 2 aliphatic rings. The minimum atomic E-state index is -4.72. The molecule has 4 heterocycles. The predicted octanol–water partition coefficient (Wildman–Crippen LogP) is 5.84. The summed E-state index contributed by atoms with van der Waals surface area (Å²) in [7, 11) is 0. The second-order valence-electron chi connectivity index (χ2n) is 9.99. The molecule has 0 radical (unpaired) electrons. The van der Waals surface area contributed by atoms with Gasteiger partial charge in [-0.1, -0.05) is 0 Å². The first-order valence-electron chi connectivity index (χ1n) is 12.6. The maximum atomic E-state index is 13.7. The van der Waals surface area contributed by atoms with Crippen LogP contribution < -0.4 is 5.32 Å². The van der Waals surface area contributed by atoms with Gasteiger partial charge in [-0.2, -0.15) is 18.3 Å². The lowest BCUT2D eigenvalue weighted by Gasteiger charge is -2.30. The van der Waals surface area contributed by atoms with Gasteiger partial charge < -0.3 is 9.88 Å². The normalized spacial score (nSPS) is 20.4. The number of anilines is 1. The molecule has 1 N–H and O–H groups in total. The van der Waals surface area contributed by atoms with Gasteiger partial charge in [0.15, 0.2) is 5.65 Å². The topological polar surface area (TPSA) is 86.3 Å². The third-order valence-corrected chi connectivity index (χ3v) is 7.18. The van der Waals surface area contributed by atoms with E-state index < -0.39 is 30.4 Å². The number of halogens is 5. The van der Waals surface area contributed by atoms with Gasteiger partial charge in [-0.3, -0.25) is 4.68 Å². The molecule has 2 aliphatic carbocycles. The average molecular weight is 533 g/mol. The Bertz CT molecular complexity index is 1440. The maximum Gasteiger partial charge on any atom is 0.419 e. The number of imidazole rings is 1. The lowest BCUT2D eigenvalue weighted by molar-refractivity contribution is -0.137. The molecule has 0 saturated heterocycles. The second-order valence-corrected chi connectivity index (χ2v) is 9.99. The lowest BCUT2D eigenvalue weighted by Crippen LogP contribution is -2.29. The van der Waals surface area contributed by atoms with Crippen molar-refractivity contribution in [3.8, 4) is 11.3 Å². The van der Waals surface area contributed by atoms with E-state index in [1.807, 2.05) is 12.5 Å². The molecule has 4 aromatic heterocycles. The van der Waals surface area contributed by atoms with Gasteiger partial charge >= 0.3 is 6.18 Å². The Kier molecular flexibility index (Phi) is 6.23. The van der Waals surface area contributed by atoms with Crippen molar-refractivity contribution in [3.05, 3.63) is 48.3 Å². The monoisotopic (exact) mass is 532 g/mol. The zero-order valence-electron chi connectivity index (χ0n) is 20.2. The van der Waals surface area contributed by atoms with Crippen molar-refractivity contribution in [3.63, 3.8) is 0 Å². The quantitative estimate of drug-likeness (QED) is 0.301. The van der Waals surface area contributed by atoms with Gasteiger partial charge in [0.2, 0.25) is 5.95 Å². The molecule has 4 aromatic rings. The van der Waals surface area contributed by atoms with Crippen molar-refractivity contribution in [1.29, 1.82) is 0 Å². The van der Waals surface area contributed by atoms with Crippen LogP contribution in [0.1, 0.15) is 61.6 Å². The van der Waals surface area contributed by atoms with Crippen LogP contribution in [0.2, 0.25) is 0 Å². The zero-order valence-corrected chi connectivity index (χ0v) is 20.2. The molecule has 0 amide bonds.